The molecular formula is C18H24N2. The van der Waals surface area contributed by atoms with E-state index in [1.807, 2.05) is 0 Å². The number of likely N-dealkylation sites (tertiary alicyclic amines) is 1. The Balaban J connectivity index is 1.63. The second-order valence-corrected chi connectivity index (χ2v) is 6.47. The van der Waals surface area contributed by atoms with Crippen molar-refractivity contribution in [3.05, 3.63) is 48.0 Å². The fraction of sp³-hybridized carbons (Fsp3) is 0.444. The van der Waals surface area contributed by atoms with Gasteiger partial charge in [0.15, 0.2) is 0 Å². The lowest BCUT2D eigenvalue weighted by Gasteiger charge is -2.22. The van der Waals surface area contributed by atoms with Gasteiger partial charge in [-0.25, -0.2) is 0 Å². The van der Waals surface area contributed by atoms with Crippen LogP contribution in [-0.2, 0) is 6.42 Å². The minimum absolute atomic E-state index is 0.337. The number of benzene rings is 2. The topological polar surface area (TPSA) is 29.3 Å². The van der Waals surface area contributed by atoms with Crippen molar-refractivity contribution in [1.82, 2.24) is 4.90 Å². The molecule has 3 rings (SSSR count). The van der Waals surface area contributed by atoms with E-state index < -0.39 is 0 Å². The fourth-order valence-corrected chi connectivity index (χ4v) is 3.16. The summed E-state index contributed by atoms with van der Waals surface area (Å²) in [6.07, 6.45) is 2.37. The third-order valence-corrected chi connectivity index (χ3v) is 4.66. The first kappa shape index (κ1) is 13.6. The maximum Gasteiger partial charge on any atom is 0.00480 e. The summed E-state index contributed by atoms with van der Waals surface area (Å²) in [5.74, 6) is 0. The van der Waals surface area contributed by atoms with Gasteiger partial charge in [0.1, 0.15) is 0 Å². The number of rotatable bonds is 4. The molecule has 1 aliphatic heterocycles. The standard InChI is InChI=1S/C18H24N2/c1-18(13-19)9-11-20(14-18)10-8-15-6-7-16-4-2-3-5-17(16)12-15/h2-7,12H,8-11,13-14,19H2,1H3. The second-order valence-electron chi connectivity index (χ2n) is 6.47. The first-order valence-corrected chi connectivity index (χ1v) is 7.59. The van der Waals surface area contributed by atoms with Crippen molar-refractivity contribution in [2.75, 3.05) is 26.2 Å². The minimum atomic E-state index is 0.337. The number of hydrogen-bond acceptors (Lipinski definition) is 2. The van der Waals surface area contributed by atoms with Crippen LogP contribution in [0, 0.1) is 5.41 Å². The SMILES string of the molecule is CC1(CN)CCN(CCc2ccc3ccccc3c2)C1. The third-order valence-electron chi connectivity index (χ3n) is 4.66. The van der Waals surface area contributed by atoms with E-state index in [0.717, 1.165) is 26.1 Å². The highest BCUT2D eigenvalue weighted by Gasteiger charge is 2.31. The maximum absolute atomic E-state index is 5.87. The zero-order valence-corrected chi connectivity index (χ0v) is 12.3. The van der Waals surface area contributed by atoms with Crippen molar-refractivity contribution in [3.63, 3.8) is 0 Å². The van der Waals surface area contributed by atoms with Gasteiger partial charge in [-0.2, -0.15) is 0 Å². The van der Waals surface area contributed by atoms with Crippen LogP contribution in [0.5, 0.6) is 0 Å². The van der Waals surface area contributed by atoms with Crippen LogP contribution in [0.25, 0.3) is 10.8 Å². The van der Waals surface area contributed by atoms with Crippen molar-refractivity contribution >= 4 is 10.8 Å². The van der Waals surface area contributed by atoms with Crippen LogP contribution >= 0.6 is 0 Å². The molecule has 0 saturated carbocycles. The van der Waals surface area contributed by atoms with Gasteiger partial charge in [-0.3, -0.25) is 0 Å². The Labute approximate surface area is 121 Å². The molecule has 1 unspecified atom stereocenters. The van der Waals surface area contributed by atoms with Gasteiger partial charge in [-0.15, -0.1) is 0 Å². The molecule has 2 aromatic rings. The first-order valence-electron chi connectivity index (χ1n) is 7.59. The molecule has 0 aromatic heterocycles. The van der Waals surface area contributed by atoms with Crippen molar-refractivity contribution in [2.45, 2.75) is 19.8 Å². The first-order chi connectivity index (χ1) is 9.68. The second kappa shape index (κ2) is 5.55. The average molecular weight is 268 g/mol. The van der Waals surface area contributed by atoms with Crippen molar-refractivity contribution in [2.24, 2.45) is 11.1 Å². The van der Waals surface area contributed by atoms with E-state index in [1.165, 1.54) is 29.3 Å². The highest BCUT2D eigenvalue weighted by atomic mass is 15.2. The molecule has 1 aliphatic rings. The predicted octanol–water partition coefficient (Wildman–Crippen LogP) is 3.05. The van der Waals surface area contributed by atoms with E-state index >= 15 is 0 Å². The maximum atomic E-state index is 5.87. The van der Waals surface area contributed by atoms with Crippen molar-refractivity contribution < 1.29 is 0 Å². The molecule has 1 saturated heterocycles. The molecule has 0 aliphatic carbocycles. The molecule has 0 amide bonds. The predicted molar refractivity (Wildman–Crippen MR) is 85.9 cm³/mol. The summed E-state index contributed by atoms with van der Waals surface area (Å²) in [4.78, 5) is 2.56. The number of nitrogens with two attached hydrogens (primary N) is 1. The third kappa shape index (κ3) is 2.87. The molecule has 0 spiro atoms. The van der Waals surface area contributed by atoms with Crippen LogP contribution in [0.1, 0.15) is 18.9 Å². The molecule has 2 nitrogen and oxygen atoms in total. The lowest BCUT2D eigenvalue weighted by atomic mass is 9.90. The molecule has 106 valence electrons. The van der Waals surface area contributed by atoms with Gasteiger partial charge >= 0.3 is 0 Å². The molecule has 1 atom stereocenters. The normalized spacial score (nSPS) is 23.5. The summed E-state index contributed by atoms with van der Waals surface area (Å²) in [6.45, 7) is 6.61. The Bertz CT molecular complexity index is 593. The van der Waals surface area contributed by atoms with Gasteiger partial charge in [0.25, 0.3) is 0 Å². The average Bonchev–Trinajstić information content (AvgIpc) is 2.87. The van der Waals surface area contributed by atoms with E-state index in [4.69, 9.17) is 5.73 Å². The van der Waals surface area contributed by atoms with Crippen LogP contribution in [0.3, 0.4) is 0 Å². The summed E-state index contributed by atoms with van der Waals surface area (Å²) >= 11 is 0. The zero-order valence-electron chi connectivity index (χ0n) is 12.3. The monoisotopic (exact) mass is 268 g/mol. The summed E-state index contributed by atoms with van der Waals surface area (Å²) in [5.41, 5.74) is 7.65. The summed E-state index contributed by atoms with van der Waals surface area (Å²) in [5, 5.41) is 2.67. The lowest BCUT2D eigenvalue weighted by molar-refractivity contribution is 0.283. The fourth-order valence-electron chi connectivity index (χ4n) is 3.16. The van der Waals surface area contributed by atoms with Gasteiger partial charge in [0, 0.05) is 13.1 Å². The van der Waals surface area contributed by atoms with Crippen molar-refractivity contribution in [1.29, 1.82) is 0 Å². The van der Waals surface area contributed by atoms with Crippen LogP contribution in [0.4, 0.5) is 0 Å². The largest absolute Gasteiger partial charge is 0.330 e. The van der Waals surface area contributed by atoms with E-state index in [-0.39, 0.29) is 0 Å². The molecule has 2 heteroatoms. The molecule has 20 heavy (non-hydrogen) atoms. The van der Waals surface area contributed by atoms with Crippen molar-refractivity contribution in [3.8, 4) is 0 Å². The number of nitrogens with zero attached hydrogens (tertiary/aromatic N) is 1. The van der Waals surface area contributed by atoms with Gasteiger partial charge in [-0.1, -0.05) is 49.4 Å². The summed E-state index contributed by atoms with van der Waals surface area (Å²) < 4.78 is 0. The van der Waals surface area contributed by atoms with Crippen LogP contribution in [0.15, 0.2) is 42.5 Å². The molecule has 2 aromatic carbocycles. The highest BCUT2D eigenvalue weighted by Crippen LogP contribution is 2.28. The molecular weight excluding hydrogens is 244 g/mol. The zero-order chi connectivity index (χ0) is 14.0. The Morgan fingerprint density at radius 3 is 2.70 bits per heavy atom. The molecule has 1 heterocycles. The van der Waals surface area contributed by atoms with Crippen LogP contribution < -0.4 is 5.73 Å². The Morgan fingerprint density at radius 1 is 1.15 bits per heavy atom. The van der Waals surface area contributed by atoms with Crippen LogP contribution in [0.2, 0.25) is 0 Å². The molecule has 0 bridgehead atoms. The highest BCUT2D eigenvalue weighted by molar-refractivity contribution is 5.82. The lowest BCUT2D eigenvalue weighted by Crippen LogP contribution is -2.32. The Kier molecular flexibility index (Phi) is 3.77. The van der Waals surface area contributed by atoms with E-state index in [0.29, 0.717) is 5.41 Å². The molecule has 0 radical (unpaired) electrons. The van der Waals surface area contributed by atoms with Gasteiger partial charge in [-0.05, 0) is 47.7 Å². The van der Waals surface area contributed by atoms with Gasteiger partial charge in [0.2, 0.25) is 0 Å². The molecule has 2 N–H and O–H groups in total. The number of hydrogen-bond donors (Lipinski definition) is 1. The number of fused-ring (bicyclic) bond motifs is 1. The summed E-state index contributed by atoms with van der Waals surface area (Å²) in [6, 6.07) is 15.4. The summed E-state index contributed by atoms with van der Waals surface area (Å²) in [7, 11) is 0. The Hall–Kier alpha value is -1.38. The van der Waals surface area contributed by atoms with E-state index in [9.17, 15) is 0 Å². The van der Waals surface area contributed by atoms with E-state index in [2.05, 4.69) is 54.3 Å². The minimum Gasteiger partial charge on any atom is -0.330 e. The smallest absolute Gasteiger partial charge is 0.00480 e. The molecule has 1 fully saturated rings. The Morgan fingerprint density at radius 2 is 1.95 bits per heavy atom. The van der Waals surface area contributed by atoms with Gasteiger partial charge in [0.05, 0.1) is 0 Å². The van der Waals surface area contributed by atoms with Gasteiger partial charge < -0.3 is 10.6 Å². The quantitative estimate of drug-likeness (QED) is 0.923. The van der Waals surface area contributed by atoms with E-state index in [1.54, 1.807) is 0 Å². The van der Waals surface area contributed by atoms with Crippen LogP contribution in [-0.4, -0.2) is 31.1 Å².